The molecule has 28 heavy (non-hydrogen) atoms. The summed E-state index contributed by atoms with van der Waals surface area (Å²) >= 11 is 0. The number of para-hydroxylation sites is 1. The van der Waals surface area contributed by atoms with Gasteiger partial charge in [-0.2, -0.15) is 0 Å². The molecule has 0 fully saturated rings. The van der Waals surface area contributed by atoms with Gasteiger partial charge in [0, 0.05) is 19.3 Å². The van der Waals surface area contributed by atoms with Crippen molar-refractivity contribution in [3.8, 4) is 0 Å². The largest absolute Gasteiger partial charge is 0.383 e. The highest BCUT2D eigenvalue weighted by Gasteiger charge is 2.21. The third kappa shape index (κ3) is 5.10. The van der Waals surface area contributed by atoms with Gasteiger partial charge < -0.3 is 20.7 Å². The van der Waals surface area contributed by atoms with Crippen LogP contribution in [-0.4, -0.2) is 38.6 Å². The number of amides is 2. The second kappa shape index (κ2) is 9.90. The zero-order chi connectivity index (χ0) is 19.8. The number of hydrogen-bond acceptors (Lipinski definition) is 4. The molecule has 0 aromatic heterocycles. The molecular weight excluding hydrogens is 354 g/mol. The number of anilines is 1. The number of benzene rings is 2. The van der Waals surface area contributed by atoms with Crippen LogP contribution < -0.4 is 16.0 Å². The summed E-state index contributed by atoms with van der Waals surface area (Å²) in [6.45, 7) is 0.999. The van der Waals surface area contributed by atoms with E-state index in [1.54, 1.807) is 25.3 Å². The molecule has 0 saturated heterocycles. The summed E-state index contributed by atoms with van der Waals surface area (Å²) in [4.78, 5) is 24.8. The van der Waals surface area contributed by atoms with E-state index in [0.717, 1.165) is 19.3 Å². The standard InChI is InChI=1S/C22H27N3O3/c1-28-14-13-23-22(27)18-10-4-5-11-19(18)24-15-21(26)25-20-12-6-8-16-7-2-3-9-17(16)20/h2-5,7,9-11,20,24H,6,8,12-15H2,1H3,(H,23,27)(H,25,26)/t20-/m1/s1. The lowest BCUT2D eigenvalue weighted by Gasteiger charge is -2.26. The third-order valence-corrected chi connectivity index (χ3v) is 4.91. The lowest BCUT2D eigenvalue weighted by atomic mass is 9.88. The van der Waals surface area contributed by atoms with Crippen LogP contribution in [0, 0.1) is 0 Å². The Bertz CT molecular complexity index is 822. The summed E-state index contributed by atoms with van der Waals surface area (Å²) in [5.74, 6) is -0.280. The van der Waals surface area contributed by atoms with E-state index in [0.29, 0.717) is 24.4 Å². The van der Waals surface area contributed by atoms with Gasteiger partial charge in [-0.3, -0.25) is 9.59 Å². The van der Waals surface area contributed by atoms with Crippen LogP contribution >= 0.6 is 0 Å². The van der Waals surface area contributed by atoms with E-state index < -0.39 is 0 Å². The van der Waals surface area contributed by atoms with E-state index in [4.69, 9.17) is 4.74 Å². The van der Waals surface area contributed by atoms with Crippen molar-refractivity contribution in [3.05, 3.63) is 65.2 Å². The van der Waals surface area contributed by atoms with Gasteiger partial charge in [0.25, 0.3) is 5.91 Å². The van der Waals surface area contributed by atoms with Crippen LogP contribution in [0.5, 0.6) is 0 Å². The van der Waals surface area contributed by atoms with E-state index in [-0.39, 0.29) is 24.4 Å². The number of nitrogens with one attached hydrogen (secondary N) is 3. The van der Waals surface area contributed by atoms with Crippen molar-refractivity contribution in [1.29, 1.82) is 0 Å². The Morgan fingerprint density at radius 1 is 1.11 bits per heavy atom. The molecule has 0 saturated carbocycles. The molecule has 2 aromatic carbocycles. The van der Waals surface area contributed by atoms with Crippen molar-refractivity contribution in [3.63, 3.8) is 0 Å². The number of hydrogen-bond donors (Lipinski definition) is 3. The van der Waals surface area contributed by atoms with Gasteiger partial charge in [0.15, 0.2) is 0 Å². The van der Waals surface area contributed by atoms with Gasteiger partial charge in [0.05, 0.1) is 24.8 Å². The topological polar surface area (TPSA) is 79.5 Å². The van der Waals surface area contributed by atoms with E-state index in [1.165, 1.54) is 11.1 Å². The third-order valence-electron chi connectivity index (χ3n) is 4.91. The van der Waals surface area contributed by atoms with E-state index >= 15 is 0 Å². The number of rotatable bonds is 8. The second-order valence-electron chi connectivity index (χ2n) is 6.86. The number of ether oxygens (including phenoxy) is 1. The van der Waals surface area contributed by atoms with Crippen LogP contribution in [0.4, 0.5) is 5.69 Å². The number of methoxy groups -OCH3 is 1. The van der Waals surface area contributed by atoms with Gasteiger partial charge in [-0.15, -0.1) is 0 Å². The smallest absolute Gasteiger partial charge is 0.253 e. The molecule has 1 atom stereocenters. The van der Waals surface area contributed by atoms with Crippen LogP contribution in [0.3, 0.4) is 0 Å². The molecule has 6 heteroatoms. The zero-order valence-electron chi connectivity index (χ0n) is 16.2. The van der Waals surface area contributed by atoms with Gasteiger partial charge in [-0.1, -0.05) is 36.4 Å². The molecule has 3 N–H and O–H groups in total. The molecule has 0 aliphatic heterocycles. The van der Waals surface area contributed by atoms with Crippen molar-refractivity contribution in [2.75, 3.05) is 32.1 Å². The molecule has 1 aliphatic rings. The molecule has 6 nitrogen and oxygen atoms in total. The first-order chi connectivity index (χ1) is 13.7. The summed E-state index contributed by atoms with van der Waals surface area (Å²) < 4.78 is 4.95. The van der Waals surface area contributed by atoms with E-state index in [1.807, 2.05) is 18.2 Å². The fourth-order valence-electron chi connectivity index (χ4n) is 3.52. The molecular formula is C22H27N3O3. The maximum atomic E-state index is 12.5. The van der Waals surface area contributed by atoms with E-state index in [9.17, 15) is 9.59 Å². The summed E-state index contributed by atoms with van der Waals surface area (Å²) in [5, 5.41) is 9.01. The predicted molar refractivity (Wildman–Crippen MR) is 109 cm³/mol. The maximum Gasteiger partial charge on any atom is 0.253 e. The van der Waals surface area contributed by atoms with Crippen LogP contribution in [-0.2, 0) is 16.0 Å². The molecule has 3 rings (SSSR count). The monoisotopic (exact) mass is 381 g/mol. The van der Waals surface area contributed by atoms with Gasteiger partial charge >= 0.3 is 0 Å². The van der Waals surface area contributed by atoms with Crippen LogP contribution in [0.25, 0.3) is 0 Å². The minimum Gasteiger partial charge on any atom is -0.383 e. The Labute approximate surface area is 165 Å². The summed E-state index contributed by atoms with van der Waals surface area (Å²) in [6, 6.07) is 15.5. The first kappa shape index (κ1) is 19.9. The number of aryl methyl sites for hydroxylation is 1. The average molecular weight is 381 g/mol. The number of carbonyl (C=O) groups excluding carboxylic acids is 2. The lowest BCUT2D eigenvalue weighted by molar-refractivity contribution is -0.120. The van der Waals surface area contributed by atoms with Crippen molar-refractivity contribution in [2.24, 2.45) is 0 Å². The second-order valence-corrected chi connectivity index (χ2v) is 6.86. The molecule has 2 aromatic rings. The normalized spacial score (nSPS) is 15.4. The molecule has 0 unspecified atom stereocenters. The highest BCUT2D eigenvalue weighted by atomic mass is 16.5. The molecule has 0 radical (unpaired) electrons. The minimum absolute atomic E-state index is 0.0480. The first-order valence-electron chi connectivity index (χ1n) is 9.66. The Morgan fingerprint density at radius 3 is 2.75 bits per heavy atom. The molecule has 0 bridgehead atoms. The van der Waals surface area contributed by atoms with Gasteiger partial charge in [0.2, 0.25) is 5.91 Å². The van der Waals surface area contributed by atoms with Gasteiger partial charge in [-0.25, -0.2) is 0 Å². The maximum absolute atomic E-state index is 12.5. The average Bonchev–Trinajstić information content (AvgIpc) is 2.73. The zero-order valence-corrected chi connectivity index (χ0v) is 16.2. The Balaban J connectivity index is 1.58. The fraction of sp³-hybridized carbons (Fsp3) is 0.364. The lowest BCUT2D eigenvalue weighted by Crippen LogP contribution is -2.35. The Hall–Kier alpha value is -2.86. The molecule has 2 amide bonds. The van der Waals surface area contributed by atoms with Crippen LogP contribution in [0.1, 0.15) is 40.4 Å². The predicted octanol–water partition coefficient (Wildman–Crippen LogP) is 2.67. The SMILES string of the molecule is COCCNC(=O)c1ccccc1NCC(=O)N[C@@H]1CCCc2ccccc21. The minimum atomic E-state index is -0.193. The van der Waals surface area contributed by atoms with Crippen molar-refractivity contribution >= 4 is 17.5 Å². The van der Waals surface area contributed by atoms with Crippen LogP contribution in [0.15, 0.2) is 48.5 Å². The first-order valence-corrected chi connectivity index (χ1v) is 9.66. The Kier molecular flexibility index (Phi) is 7.03. The quantitative estimate of drug-likeness (QED) is 0.614. The van der Waals surface area contributed by atoms with Crippen molar-refractivity contribution in [1.82, 2.24) is 10.6 Å². The number of fused-ring (bicyclic) bond motifs is 1. The molecule has 1 aliphatic carbocycles. The van der Waals surface area contributed by atoms with Crippen LogP contribution in [0.2, 0.25) is 0 Å². The highest BCUT2D eigenvalue weighted by Crippen LogP contribution is 2.29. The number of carbonyl (C=O) groups is 2. The van der Waals surface area contributed by atoms with Crippen molar-refractivity contribution < 1.29 is 14.3 Å². The summed E-state index contributed by atoms with van der Waals surface area (Å²) in [5.41, 5.74) is 3.66. The Morgan fingerprint density at radius 2 is 1.89 bits per heavy atom. The molecule has 148 valence electrons. The fourth-order valence-corrected chi connectivity index (χ4v) is 3.52. The van der Waals surface area contributed by atoms with E-state index in [2.05, 4.69) is 28.1 Å². The van der Waals surface area contributed by atoms with Gasteiger partial charge in [-0.05, 0) is 42.5 Å². The molecule has 0 heterocycles. The van der Waals surface area contributed by atoms with Crippen molar-refractivity contribution in [2.45, 2.75) is 25.3 Å². The van der Waals surface area contributed by atoms with Gasteiger partial charge in [0.1, 0.15) is 0 Å². The molecule has 0 spiro atoms. The summed E-state index contributed by atoms with van der Waals surface area (Å²) in [7, 11) is 1.59. The summed E-state index contributed by atoms with van der Waals surface area (Å²) in [6.07, 6.45) is 3.08. The highest BCUT2D eigenvalue weighted by molar-refractivity contribution is 6.00.